The van der Waals surface area contributed by atoms with E-state index in [1.54, 1.807) is 6.92 Å². The van der Waals surface area contributed by atoms with Gasteiger partial charge in [0.15, 0.2) is 6.10 Å². The van der Waals surface area contributed by atoms with Gasteiger partial charge >= 0.3 is 5.97 Å². The van der Waals surface area contributed by atoms with Gasteiger partial charge in [-0.2, -0.15) is 0 Å². The average molecular weight is 368 g/mol. The van der Waals surface area contributed by atoms with Crippen molar-refractivity contribution in [1.29, 1.82) is 0 Å². The molecule has 0 heterocycles. The highest BCUT2D eigenvalue weighted by Crippen LogP contribution is 2.13. The van der Waals surface area contributed by atoms with Crippen LogP contribution in [0.1, 0.15) is 37.6 Å². The second-order valence-electron chi connectivity index (χ2n) is 5.54. The summed E-state index contributed by atoms with van der Waals surface area (Å²) >= 11 is 0. The number of hydrogen-bond donors (Lipinski definition) is 2. The molecule has 0 saturated carbocycles. The Labute approximate surface area is 148 Å². The molecule has 2 atom stereocenters. The number of nitrogens with one attached hydrogen (secondary N) is 2. The first-order valence-corrected chi connectivity index (χ1v) is 9.41. The number of carbonyl (C=O) groups excluding carboxylic acids is 2. The smallest absolute Gasteiger partial charge is 0.338 e. The maximum Gasteiger partial charge on any atom is 0.338 e. The molecule has 1 aromatic carbocycles. The standard InChI is InChI=1S/C17H24N2O5S/c1-5-11-18-16(20)13(4)24-17(21)14-7-9-15(10-8-14)25(22,23)19-12(3)6-2/h5,7-10,12-13,19H,1,6,11H2,2-4H3,(H,18,20)/t12-,13-/m1/s1. The molecule has 0 aliphatic rings. The molecule has 0 bridgehead atoms. The normalized spacial score (nSPS) is 13.6. The minimum atomic E-state index is -3.64. The van der Waals surface area contributed by atoms with Crippen molar-refractivity contribution in [2.75, 3.05) is 6.54 Å². The van der Waals surface area contributed by atoms with E-state index in [0.29, 0.717) is 6.42 Å². The lowest BCUT2D eigenvalue weighted by Crippen LogP contribution is -2.35. The Balaban J connectivity index is 2.77. The summed E-state index contributed by atoms with van der Waals surface area (Å²) in [6.07, 6.45) is 1.21. The Morgan fingerprint density at radius 1 is 1.24 bits per heavy atom. The van der Waals surface area contributed by atoms with E-state index < -0.39 is 28.0 Å². The lowest BCUT2D eigenvalue weighted by molar-refractivity contribution is -0.128. The summed E-state index contributed by atoms with van der Waals surface area (Å²) in [4.78, 5) is 23.7. The number of sulfonamides is 1. The van der Waals surface area contributed by atoms with Crippen LogP contribution in [0.4, 0.5) is 0 Å². The Morgan fingerprint density at radius 2 is 1.84 bits per heavy atom. The zero-order valence-corrected chi connectivity index (χ0v) is 15.4. The SMILES string of the molecule is C=CCNC(=O)[C@@H](C)OC(=O)c1ccc(S(=O)(=O)N[C@H](C)CC)cc1. The van der Waals surface area contributed by atoms with Crippen molar-refractivity contribution >= 4 is 21.9 Å². The molecule has 1 aromatic rings. The Morgan fingerprint density at radius 3 is 2.36 bits per heavy atom. The Hall–Kier alpha value is -2.19. The van der Waals surface area contributed by atoms with E-state index in [9.17, 15) is 18.0 Å². The third kappa shape index (κ3) is 6.32. The highest BCUT2D eigenvalue weighted by molar-refractivity contribution is 7.89. The highest BCUT2D eigenvalue weighted by atomic mass is 32.2. The largest absolute Gasteiger partial charge is 0.449 e. The fourth-order valence-corrected chi connectivity index (χ4v) is 3.11. The first-order valence-electron chi connectivity index (χ1n) is 7.93. The molecule has 1 amide bonds. The minimum Gasteiger partial charge on any atom is -0.449 e. The number of hydrogen-bond acceptors (Lipinski definition) is 5. The van der Waals surface area contributed by atoms with E-state index >= 15 is 0 Å². The van der Waals surface area contributed by atoms with Gasteiger partial charge in [-0.1, -0.05) is 13.0 Å². The molecule has 0 saturated heterocycles. The van der Waals surface area contributed by atoms with Gasteiger partial charge in [-0.3, -0.25) is 4.79 Å². The number of carbonyl (C=O) groups is 2. The Bertz CT molecular complexity index is 713. The van der Waals surface area contributed by atoms with Gasteiger partial charge in [0.1, 0.15) is 0 Å². The highest BCUT2D eigenvalue weighted by Gasteiger charge is 2.20. The van der Waals surface area contributed by atoms with Crippen LogP contribution in [0.3, 0.4) is 0 Å². The van der Waals surface area contributed by atoms with Crippen molar-refractivity contribution in [2.24, 2.45) is 0 Å². The van der Waals surface area contributed by atoms with E-state index in [1.807, 2.05) is 6.92 Å². The molecule has 25 heavy (non-hydrogen) atoms. The molecule has 138 valence electrons. The fourth-order valence-electron chi connectivity index (χ4n) is 1.79. The van der Waals surface area contributed by atoms with Crippen LogP contribution in [-0.4, -0.2) is 39.0 Å². The van der Waals surface area contributed by atoms with Crippen molar-refractivity contribution in [3.05, 3.63) is 42.5 Å². The molecule has 1 rings (SSSR count). The van der Waals surface area contributed by atoms with Crippen molar-refractivity contribution in [3.63, 3.8) is 0 Å². The lowest BCUT2D eigenvalue weighted by Gasteiger charge is -2.14. The lowest BCUT2D eigenvalue weighted by atomic mass is 10.2. The first kappa shape index (κ1) is 20.9. The monoisotopic (exact) mass is 368 g/mol. The maximum absolute atomic E-state index is 12.2. The van der Waals surface area contributed by atoms with Crippen LogP contribution in [0.15, 0.2) is 41.8 Å². The number of rotatable bonds is 9. The maximum atomic E-state index is 12.2. The summed E-state index contributed by atoms with van der Waals surface area (Å²) in [5.41, 5.74) is 0.158. The number of ether oxygens (including phenoxy) is 1. The Kier molecular flexibility index (Phi) is 7.79. The van der Waals surface area contributed by atoms with Crippen molar-refractivity contribution in [3.8, 4) is 0 Å². The first-order chi connectivity index (χ1) is 11.7. The fraction of sp³-hybridized carbons (Fsp3) is 0.412. The van der Waals surface area contributed by atoms with Gasteiger partial charge in [0.25, 0.3) is 5.91 Å². The van der Waals surface area contributed by atoms with E-state index in [-0.39, 0.29) is 23.0 Å². The van der Waals surface area contributed by atoms with Gasteiger partial charge in [0, 0.05) is 12.6 Å². The average Bonchev–Trinajstić information content (AvgIpc) is 2.59. The predicted molar refractivity (Wildman–Crippen MR) is 94.6 cm³/mol. The topological polar surface area (TPSA) is 102 Å². The predicted octanol–water partition coefficient (Wildman–Crippen LogP) is 1.61. The second-order valence-corrected chi connectivity index (χ2v) is 7.25. The van der Waals surface area contributed by atoms with E-state index in [2.05, 4.69) is 16.6 Å². The molecule has 0 radical (unpaired) electrons. The van der Waals surface area contributed by atoms with Crippen molar-refractivity contribution < 1.29 is 22.7 Å². The van der Waals surface area contributed by atoms with Crippen LogP contribution in [-0.2, 0) is 19.6 Å². The van der Waals surface area contributed by atoms with Crippen molar-refractivity contribution in [1.82, 2.24) is 10.0 Å². The summed E-state index contributed by atoms with van der Waals surface area (Å²) in [6, 6.07) is 5.15. The van der Waals surface area contributed by atoms with Crippen LogP contribution < -0.4 is 10.0 Å². The van der Waals surface area contributed by atoms with Gasteiger partial charge in [-0.05, 0) is 44.5 Å². The molecule has 0 unspecified atom stereocenters. The van der Waals surface area contributed by atoms with Gasteiger partial charge in [-0.15, -0.1) is 6.58 Å². The zero-order valence-electron chi connectivity index (χ0n) is 14.6. The summed E-state index contributed by atoms with van der Waals surface area (Å²) in [6.45, 7) is 8.84. The number of benzene rings is 1. The van der Waals surface area contributed by atoms with Crippen LogP contribution >= 0.6 is 0 Å². The molecular weight excluding hydrogens is 344 g/mol. The van der Waals surface area contributed by atoms with Crippen LogP contribution in [0.5, 0.6) is 0 Å². The van der Waals surface area contributed by atoms with Crippen molar-refractivity contribution in [2.45, 2.75) is 44.2 Å². The second kappa shape index (κ2) is 9.33. The van der Waals surface area contributed by atoms with E-state index in [0.717, 1.165) is 0 Å². The quantitative estimate of drug-likeness (QED) is 0.509. The van der Waals surface area contributed by atoms with Gasteiger partial charge in [-0.25, -0.2) is 17.9 Å². The van der Waals surface area contributed by atoms with Crippen LogP contribution in [0.2, 0.25) is 0 Å². The van der Waals surface area contributed by atoms with E-state index in [1.165, 1.54) is 37.3 Å². The molecule has 0 aliphatic heterocycles. The molecule has 0 aromatic heterocycles. The molecule has 0 fully saturated rings. The van der Waals surface area contributed by atoms with Gasteiger partial charge < -0.3 is 10.1 Å². The summed E-state index contributed by atoms with van der Waals surface area (Å²) in [5.74, 6) is -1.15. The molecule has 0 aliphatic carbocycles. The van der Waals surface area contributed by atoms with Gasteiger partial charge in [0.05, 0.1) is 10.5 Å². The van der Waals surface area contributed by atoms with Crippen LogP contribution in [0.25, 0.3) is 0 Å². The third-order valence-electron chi connectivity index (χ3n) is 3.44. The molecule has 8 heteroatoms. The zero-order chi connectivity index (χ0) is 19.0. The number of amides is 1. The summed E-state index contributed by atoms with van der Waals surface area (Å²) in [5, 5.41) is 2.52. The van der Waals surface area contributed by atoms with E-state index in [4.69, 9.17) is 4.74 Å². The third-order valence-corrected chi connectivity index (χ3v) is 5.05. The molecular formula is C17H24N2O5S. The van der Waals surface area contributed by atoms with Crippen LogP contribution in [0, 0.1) is 0 Å². The number of esters is 1. The molecule has 2 N–H and O–H groups in total. The minimum absolute atomic E-state index is 0.0566. The van der Waals surface area contributed by atoms with Gasteiger partial charge in [0.2, 0.25) is 10.0 Å². The summed E-state index contributed by atoms with van der Waals surface area (Å²) in [7, 11) is -3.64. The molecule has 7 nitrogen and oxygen atoms in total. The summed E-state index contributed by atoms with van der Waals surface area (Å²) < 4.78 is 31.9. The molecule has 0 spiro atoms.